The average Bonchev–Trinajstić information content (AvgIpc) is 2.32. The lowest BCUT2D eigenvalue weighted by Crippen LogP contribution is -2.56. The van der Waals surface area contributed by atoms with E-state index in [2.05, 4.69) is 12.2 Å². The van der Waals surface area contributed by atoms with Crippen LogP contribution in [-0.2, 0) is 0 Å². The smallest absolute Gasteiger partial charge is 0.257 e. The van der Waals surface area contributed by atoms with E-state index >= 15 is 0 Å². The van der Waals surface area contributed by atoms with Crippen LogP contribution in [0.25, 0.3) is 0 Å². The summed E-state index contributed by atoms with van der Waals surface area (Å²) in [7, 11) is 0. The summed E-state index contributed by atoms with van der Waals surface area (Å²) in [5.41, 5.74) is 0.404. The predicted molar refractivity (Wildman–Crippen MR) is 74.4 cm³/mol. The Hall–Kier alpha value is -0.770. The van der Waals surface area contributed by atoms with Crippen LogP contribution in [0.5, 0.6) is 0 Å². The van der Waals surface area contributed by atoms with E-state index in [0.717, 1.165) is 6.54 Å². The van der Waals surface area contributed by atoms with Gasteiger partial charge in [0.1, 0.15) is 0 Å². The summed E-state index contributed by atoms with van der Waals surface area (Å²) in [6, 6.07) is 5.55. The monoisotopic (exact) mass is 286 g/mol. The van der Waals surface area contributed by atoms with Crippen LogP contribution < -0.4 is 5.32 Å². The number of piperazine rings is 1. The van der Waals surface area contributed by atoms with E-state index in [1.165, 1.54) is 0 Å². The number of carbonyl (C=O) groups is 1. The molecule has 1 aliphatic rings. The van der Waals surface area contributed by atoms with Crippen LogP contribution >= 0.6 is 23.2 Å². The molecular weight excluding hydrogens is 271 g/mol. The Labute approximate surface area is 117 Å². The van der Waals surface area contributed by atoms with E-state index in [1.54, 1.807) is 18.2 Å². The van der Waals surface area contributed by atoms with Gasteiger partial charge in [0.05, 0.1) is 15.6 Å². The van der Waals surface area contributed by atoms with Gasteiger partial charge in [0.2, 0.25) is 0 Å². The highest BCUT2D eigenvalue weighted by molar-refractivity contribution is 6.39. The third kappa shape index (κ3) is 2.63. The minimum atomic E-state index is -0.0912. The van der Waals surface area contributed by atoms with E-state index in [4.69, 9.17) is 23.2 Å². The number of benzene rings is 1. The number of halogens is 2. The Bertz CT molecular complexity index is 444. The number of amides is 1. The molecule has 5 heteroatoms. The fourth-order valence-corrected chi connectivity index (χ4v) is 2.71. The Morgan fingerprint density at radius 3 is 2.56 bits per heavy atom. The first kappa shape index (κ1) is 13.7. The highest BCUT2D eigenvalue weighted by atomic mass is 35.5. The SMILES string of the molecule is CC1CN(C(=O)c2c(Cl)cccc2Cl)C(C)CN1. The largest absolute Gasteiger partial charge is 0.333 e. The van der Waals surface area contributed by atoms with E-state index in [1.807, 2.05) is 11.8 Å². The Morgan fingerprint density at radius 2 is 1.94 bits per heavy atom. The second kappa shape index (κ2) is 5.47. The average molecular weight is 287 g/mol. The maximum Gasteiger partial charge on any atom is 0.257 e. The first-order valence-corrected chi connectivity index (χ1v) is 6.74. The molecule has 1 aromatic rings. The van der Waals surface area contributed by atoms with Crippen molar-refractivity contribution in [1.82, 2.24) is 10.2 Å². The molecule has 0 radical (unpaired) electrons. The summed E-state index contributed by atoms with van der Waals surface area (Å²) in [5.74, 6) is -0.0912. The normalized spacial score (nSPS) is 24.1. The summed E-state index contributed by atoms with van der Waals surface area (Å²) in [6.45, 7) is 5.53. The molecule has 2 unspecified atom stereocenters. The summed E-state index contributed by atoms with van der Waals surface area (Å²) >= 11 is 12.2. The highest BCUT2D eigenvalue weighted by Gasteiger charge is 2.29. The van der Waals surface area contributed by atoms with Gasteiger partial charge in [0.25, 0.3) is 5.91 Å². The van der Waals surface area contributed by atoms with Gasteiger partial charge in [-0.2, -0.15) is 0 Å². The van der Waals surface area contributed by atoms with Gasteiger partial charge in [-0.15, -0.1) is 0 Å². The van der Waals surface area contributed by atoms with E-state index in [0.29, 0.717) is 22.2 Å². The fraction of sp³-hybridized carbons (Fsp3) is 0.462. The zero-order valence-corrected chi connectivity index (χ0v) is 11.9. The molecule has 1 saturated heterocycles. The van der Waals surface area contributed by atoms with E-state index < -0.39 is 0 Å². The number of carbonyl (C=O) groups excluding carboxylic acids is 1. The minimum absolute atomic E-state index is 0.0912. The van der Waals surface area contributed by atoms with Gasteiger partial charge in [0.15, 0.2) is 0 Å². The summed E-state index contributed by atoms with van der Waals surface area (Å²) in [4.78, 5) is 14.4. The van der Waals surface area contributed by atoms with E-state index in [-0.39, 0.29) is 18.0 Å². The van der Waals surface area contributed by atoms with Gasteiger partial charge < -0.3 is 10.2 Å². The molecule has 0 bridgehead atoms. The second-order valence-corrected chi connectivity index (χ2v) is 5.53. The molecule has 2 atom stereocenters. The zero-order valence-electron chi connectivity index (χ0n) is 10.4. The molecule has 0 saturated carbocycles. The van der Waals surface area contributed by atoms with Crippen LogP contribution in [0.3, 0.4) is 0 Å². The Morgan fingerprint density at radius 1 is 1.33 bits per heavy atom. The zero-order chi connectivity index (χ0) is 13.3. The minimum Gasteiger partial charge on any atom is -0.333 e. The molecule has 1 aromatic carbocycles. The lowest BCUT2D eigenvalue weighted by atomic mass is 10.1. The molecule has 1 amide bonds. The standard InChI is InChI=1S/C13H16Cl2N2O/c1-8-7-17(9(2)6-16-8)13(18)12-10(14)4-3-5-11(12)15/h3-5,8-9,16H,6-7H2,1-2H3. The first-order chi connectivity index (χ1) is 8.50. The molecule has 3 nitrogen and oxygen atoms in total. The predicted octanol–water partition coefficient (Wildman–Crippen LogP) is 2.82. The van der Waals surface area contributed by atoms with Crippen molar-refractivity contribution in [3.8, 4) is 0 Å². The van der Waals surface area contributed by atoms with Crippen molar-refractivity contribution in [2.24, 2.45) is 0 Å². The number of hydrogen-bond donors (Lipinski definition) is 1. The molecular formula is C13H16Cl2N2O. The third-order valence-corrected chi connectivity index (χ3v) is 3.83. The van der Waals surface area contributed by atoms with Crippen molar-refractivity contribution in [3.63, 3.8) is 0 Å². The van der Waals surface area contributed by atoms with Crippen molar-refractivity contribution in [2.75, 3.05) is 13.1 Å². The molecule has 0 aliphatic carbocycles. The second-order valence-electron chi connectivity index (χ2n) is 4.71. The molecule has 1 heterocycles. The topological polar surface area (TPSA) is 32.3 Å². The van der Waals surface area contributed by atoms with Crippen LogP contribution in [0.15, 0.2) is 18.2 Å². The van der Waals surface area contributed by atoms with Crippen molar-refractivity contribution in [2.45, 2.75) is 25.9 Å². The van der Waals surface area contributed by atoms with Crippen molar-refractivity contribution < 1.29 is 4.79 Å². The van der Waals surface area contributed by atoms with Crippen LogP contribution in [-0.4, -0.2) is 36.0 Å². The molecule has 1 fully saturated rings. The Kier molecular flexibility index (Phi) is 4.15. The van der Waals surface area contributed by atoms with Crippen molar-refractivity contribution in [1.29, 1.82) is 0 Å². The maximum absolute atomic E-state index is 12.5. The molecule has 98 valence electrons. The summed E-state index contributed by atoms with van der Waals surface area (Å²) in [5, 5.41) is 4.15. The third-order valence-electron chi connectivity index (χ3n) is 3.20. The number of nitrogens with one attached hydrogen (secondary N) is 1. The lowest BCUT2D eigenvalue weighted by molar-refractivity contribution is 0.0616. The molecule has 0 aromatic heterocycles. The van der Waals surface area contributed by atoms with Gasteiger partial charge in [-0.3, -0.25) is 4.79 Å². The first-order valence-electron chi connectivity index (χ1n) is 5.99. The maximum atomic E-state index is 12.5. The summed E-state index contributed by atoms with van der Waals surface area (Å²) < 4.78 is 0. The summed E-state index contributed by atoms with van der Waals surface area (Å²) in [6.07, 6.45) is 0. The van der Waals surface area contributed by atoms with Gasteiger partial charge in [0, 0.05) is 25.2 Å². The van der Waals surface area contributed by atoms with Crippen LogP contribution in [0, 0.1) is 0 Å². The Balaban J connectivity index is 2.30. The highest BCUT2D eigenvalue weighted by Crippen LogP contribution is 2.26. The van der Waals surface area contributed by atoms with Gasteiger partial charge >= 0.3 is 0 Å². The van der Waals surface area contributed by atoms with Gasteiger partial charge in [-0.25, -0.2) is 0 Å². The van der Waals surface area contributed by atoms with Gasteiger partial charge in [-0.05, 0) is 26.0 Å². The number of rotatable bonds is 1. The quantitative estimate of drug-likeness (QED) is 0.861. The van der Waals surface area contributed by atoms with Gasteiger partial charge in [-0.1, -0.05) is 29.3 Å². The molecule has 18 heavy (non-hydrogen) atoms. The molecule has 0 spiro atoms. The molecule has 1 aliphatic heterocycles. The fourth-order valence-electron chi connectivity index (χ4n) is 2.15. The van der Waals surface area contributed by atoms with Crippen LogP contribution in [0.2, 0.25) is 10.0 Å². The number of nitrogens with zero attached hydrogens (tertiary/aromatic N) is 1. The van der Waals surface area contributed by atoms with Crippen molar-refractivity contribution in [3.05, 3.63) is 33.8 Å². The molecule has 1 N–H and O–H groups in total. The molecule has 2 rings (SSSR count). The van der Waals surface area contributed by atoms with Crippen LogP contribution in [0.1, 0.15) is 24.2 Å². The van der Waals surface area contributed by atoms with E-state index in [9.17, 15) is 4.79 Å². The lowest BCUT2D eigenvalue weighted by Gasteiger charge is -2.37. The van der Waals surface area contributed by atoms with Crippen molar-refractivity contribution >= 4 is 29.1 Å². The van der Waals surface area contributed by atoms with Crippen LogP contribution in [0.4, 0.5) is 0 Å². The number of hydrogen-bond acceptors (Lipinski definition) is 2.